The van der Waals surface area contributed by atoms with Gasteiger partial charge >= 0.3 is 0 Å². The van der Waals surface area contributed by atoms with Crippen molar-refractivity contribution in [1.29, 1.82) is 0 Å². The Balaban J connectivity index is 1.67. The molecule has 4 rings (SSSR count). The summed E-state index contributed by atoms with van der Waals surface area (Å²) in [4.78, 5) is 7.62. The first-order valence-corrected chi connectivity index (χ1v) is 8.29. The number of hydrogen-bond donors (Lipinski definition) is 3. The number of anilines is 1. The van der Waals surface area contributed by atoms with Crippen LogP contribution in [0.4, 0.5) is 5.69 Å². The number of pyridine rings is 1. The highest BCUT2D eigenvalue weighted by Gasteiger charge is 2.11. The second kappa shape index (κ2) is 6.79. The molecule has 0 aliphatic heterocycles. The van der Waals surface area contributed by atoms with E-state index in [4.69, 9.17) is 0 Å². The Morgan fingerprint density at radius 3 is 2.72 bits per heavy atom. The molecular weight excluding hydrogens is 310 g/mol. The minimum absolute atomic E-state index is 0.0155. The number of aromatic nitrogens is 2. The first-order chi connectivity index (χ1) is 12.3. The maximum absolute atomic E-state index is 9.75. The fraction of sp³-hybridized carbons (Fsp3) is 0.0952. The number of benzene rings is 2. The molecule has 25 heavy (non-hydrogen) atoms. The highest BCUT2D eigenvalue weighted by atomic mass is 16.3. The Bertz CT molecular complexity index is 979. The molecule has 0 bridgehead atoms. The van der Waals surface area contributed by atoms with Crippen LogP contribution in [0, 0.1) is 0 Å². The topological polar surface area (TPSA) is 60.9 Å². The van der Waals surface area contributed by atoms with Crippen molar-refractivity contribution in [3.05, 3.63) is 84.8 Å². The summed E-state index contributed by atoms with van der Waals surface area (Å²) in [5.74, 6) is 0. The first kappa shape index (κ1) is 15.4. The molecule has 124 valence electrons. The van der Waals surface area contributed by atoms with E-state index in [1.54, 1.807) is 6.20 Å². The van der Waals surface area contributed by atoms with E-state index in [0.29, 0.717) is 0 Å². The molecule has 0 amide bonds. The van der Waals surface area contributed by atoms with Crippen molar-refractivity contribution in [3.8, 4) is 11.1 Å². The Morgan fingerprint density at radius 2 is 1.88 bits per heavy atom. The van der Waals surface area contributed by atoms with Gasteiger partial charge < -0.3 is 15.4 Å². The quantitative estimate of drug-likeness (QED) is 0.509. The van der Waals surface area contributed by atoms with Gasteiger partial charge in [0.15, 0.2) is 0 Å². The Morgan fingerprint density at radius 1 is 1.00 bits per heavy atom. The van der Waals surface area contributed by atoms with Crippen LogP contribution in [0.1, 0.15) is 11.6 Å². The van der Waals surface area contributed by atoms with Gasteiger partial charge in [0.2, 0.25) is 0 Å². The number of aliphatic hydroxyl groups is 1. The van der Waals surface area contributed by atoms with E-state index in [0.717, 1.165) is 27.9 Å². The smallest absolute Gasteiger partial charge is 0.0745 e. The number of fused-ring (bicyclic) bond motifs is 1. The zero-order valence-electron chi connectivity index (χ0n) is 13.7. The van der Waals surface area contributed by atoms with Crippen LogP contribution >= 0.6 is 0 Å². The maximum Gasteiger partial charge on any atom is 0.0745 e. The van der Waals surface area contributed by atoms with Gasteiger partial charge in [0.05, 0.1) is 18.3 Å². The summed E-state index contributed by atoms with van der Waals surface area (Å²) in [7, 11) is 0. The van der Waals surface area contributed by atoms with Crippen LogP contribution in [0.15, 0.2) is 79.3 Å². The third-order valence-electron chi connectivity index (χ3n) is 4.37. The van der Waals surface area contributed by atoms with Crippen molar-refractivity contribution >= 4 is 16.6 Å². The van der Waals surface area contributed by atoms with E-state index < -0.39 is 0 Å². The van der Waals surface area contributed by atoms with E-state index in [9.17, 15) is 5.11 Å². The molecule has 0 aliphatic carbocycles. The molecule has 3 N–H and O–H groups in total. The van der Waals surface area contributed by atoms with Crippen LogP contribution in [0.5, 0.6) is 0 Å². The molecule has 0 spiro atoms. The minimum atomic E-state index is -0.165. The van der Waals surface area contributed by atoms with Gasteiger partial charge in [-0.15, -0.1) is 0 Å². The van der Waals surface area contributed by atoms with Gasteiger partial charge in [0.1, 0.15) is 0 Å². The van der Waals surface area contributed by atoms with Crippen LogP contribution < -0.4 is 5.32 Å². The van der Waals surface area contributed by atoms with Gasteiger partial charge in [-0.25, -0.2) is 0 Å². The molecule has 2 heterocycles. The van der Waals surface area contributed by atoms with Gasteiger partial charge in [0, 0.05) is 35.1 Å². The molecule has 1 atom stereocenters. The number of H-pyrrole nitrogens is 1. The molecule has 4 aromatic rings. The van der Waals surface area contributed by atoms with E-state index >= 15 is 0 Å². The molecular formula is C21H19N3O. The van der Waals surface area contributed by atoms with Crippen LogP contribution in [-0.2, 0) is 0 Å². The molecule has 0 fully saturated rings. The molecule has 0 radical (unpaired) electrons. The van der Waals surface area contributed by atoms with E-state index in [2.05, 4.69) is 39.6 Å². The lowest BCUT2D eigenvalue weighted by atomic mass is 10.0. The average molecular weight is 329 g/mol. The average Bonchev–Trinajstić information content (AvgIpc) is 3.16. The first-order valence-electron chi connectivity index (χ1n) is 8.29. The molecule has 0 saturated heterocycles. The third kappa shape index (κ3) is 3.12. The van der Waals surface area contributed by atoms with Gasteiger partial charge in [-0.2, -0.15) is 0 Å². The zero-order chi connectivity index (χ0) is 17.1. The van der Waals surface area contributed by atoms with Crippen molar-refractivity contribution in [2.24, 2.45) is 0 Å². The van der Waals surface area contributed by atoms with Gasteiger partial charge in [-0.05, 0) is 29.3 Å². The molecule has 4 heteroatoms. The summed E-state index contributed by atoms with van der Waals surface area (Å²) in [6.45, 7) is 0.0155. The molecule has 4 nitrogen and oxygen atoms in total. The van der Waals surface area contributed by atoms with Crippen molar-refractivity contribution in [2.45, 2.75) is 6.04 Å². The van der Waals surface area contributed by atoms with Gasteiger partial charge in [0.25, 0.3) is 0 Å². The summed E-state index contributed by atoms with van der Waals surface area (Å²) >= 11 is 0. The van der Waals surface area contributed by atoms with E-state index in [1.807, 2.05) is 48.8 Å². The van der Waals surface area contributed by atoms with E-state index in [-0.39, 0.29) is 12.6 Å². The fourth-order valence-electron chi connectivity index (χ4n) is 3.12. The highest BCUT2D eigenvalue weighted by molar-refractivity contribution is 5.95. The van der Waals surface area contributed by atoms with Crippen molar-refractivity contribution in [2.75, 3.05) is 11.9 Å². The lowest BCUT2D eigenvalue weighted by Gasteiger charge is -2.18. The second-order valence-corrected chi connectivity index (χ2v) is 6.00. The van der Waals surface area contributed by atoms with Crippen LogP contribution in [0.2, 0.25) is 0 Å². The molecule has 1 unspecified atom stereocenters. The molecule has 2 aromatic heterocycles. The standard InChI is InChI=1S/C21H19N3O/c25-14-21(15-5-2-1-3-6-15)24-17-11-16(12-22-13-17)18-7-4-8-20-19(18)9-10-23-20/h1-13,21,23-25H,14H2. The predicted molar refractivity (Wildman–Crippen MR) is 101 cm³/mol. The highest BCUT2D eigenvalue weighted by Crippen LogP contribution is 2.30. The lowest BCUT2D eigenvalue weighted by molar-refractivity contribution is 0.276. The van der Waals surface area contributed by atoms with Gasteiger partial charge in [-0.1, -0.05) is 42.5 Å². The second-order valence-electron chi connectivity index (χ2n) is 6.00. The molecule has 0 aliphatic rings. The summed E-state index contributed by atoms with van der Waals surface area (Å²) < 4.78 is 0. The lowest BCUT2D eigenvalue weighted by Crippen LogP contribution is -2.14. The summed E-state index contributed by atoms with van der Waals surface area (Å²) in [6, 6.07) is 20.1. The van der Waals surface area contributed by atoms with Crippen molar-refractivity contribution in [3.63, 3.8) is 0 Å². The monoisotopic (exact) mass is 329 g/mol. The van der Waals surface area contributed by atoms with Crippen LogP contribution in [-0.4, -0.2) is 21.7 Å². The SMILES string of the molecule is OCC(Nc1cncc(-c2cccc3[nH]ccc23)c1)c1ccccc1. The van der Waals surface area contributed by atoms with E-state index in [1.165, 1.54) is 5.39 Å². The molecule has 2 aromatic carbocycles. The summed E-state index contributed by atoms with van der Waals surface area (Å²) in [6.07, 6.45) is 5.59. The predicted octanol–water partition coefficient (Wildman–Crippen LogP) is 4.38. The van der Waals surface area contributed by atoms with Crippen LogP contribution in [0.25, 0.3) is 22.0 Å². The number of nitrogens with one attached hydrogen (secondary N) is 2. The zero-order valence-corrected chi connectivity index (χ0v) is 13.7. The summed E-state index contributed by atoms with van der Waals surface area (Å²) in [5, 5.41) is 14.3. The third-order valence-corrected chi connectivity index (χ3v) is 4.37. The maximum atomic E-state index is 9.75. The number of rotatable bonds is 5. The Labute approximate surface area is 146 Å². The molecule has 0 saturated carbocycles. The number of aliphatic hydroxyl groups excluding tert-OH is 1. The fourth-order valence-corrected chi connectivity index (χ4v) is 3.12. The van der Waals surface area contributed by atoms with Crippen LogP contribution in [0.3, 0.4) is 0 Å². The summed E-state index contributed by atoms with van der Waals surface area (Å²) in [5.41, 5.74) is 5.21. The Kier molecular flexibility index (Phi) is 4.19. The minimum Gasteiger partial charge on any atom is -0.394 e. The number of hydrogen-bond acceptors (Lipinski definition) is 3. The Hall–Kier alpha value is -3.11. The number of nitrogens with zero attached hydrogens (tertiary/aromatic N) is 1. The number of aromatic amines is 1. The van der Waals surface area contributed by atoms with Gasteiger partial charge in [-0.3, -0.25) is 4.98 Å². The normalized spacial score (nSPS) is 12.2. The van der Waals surface area contributed by atoms with Crippen molar-refractivity contribution < 1.29 is 5.11 Å². The largest absolute Gasteiger partial charge is 0.394 e. The van der Waals surface area contributed by atoms with Crippen molar-refractivity contribution in [1.82, 2.24) is 9.97 Å².